The maximum Gasteiger partial charge on any atom is 0.178 e. The highest BCUT2D eigenvalue weighted by atomic mass is 32.2. The van der Waals surface area contributed by atoms with E-state index in [-0.39, 0.29) is 5.75 Å². The molecule has 1 atom stereocenters. The average Bonchev–Trinajstić information content (AvgIpc) is 2.30. The van der Waals surface area contributed by atoms with Crippen molar-refractivity contribution in [3.05, 3.63) is 29.8 Å². The third-order valence-corrected chi connectivity index (χ3v) is 4.35. The molecule has 1 aromatic carbocycles. The van der Waals surface area contributed by atoms with Crippen LogP contribution in [0.3, 0.4) is 0 Å². The number of hydrogen-bond acceptors (Lipinski definition) is 2. The lowest BCUT2D eigenvalue weighted by Gasteiger charge is -2.06. The van der Waals surface area contributed by atoms with Gasteiger partial charge in [0, 0.05) is 5.92 Å². The standard InChI is InChI=1S/C14H18O2S/c1-4-6-12(3)11-13-7-9-14(10-8-13)17(15,16)5-2/h7-10,12H,5,11H2,1-3H3. The van der Waals surface area contributed by atoms with Crippen LogP contribution in [-0.2, 0) is 16.3 Å². The molecule has 1 aromatic rings. The molecule has 0 bridgehead atoms. The zero-order chi connectivity index (χ0) is 12.9. The first kappa shape index (κ1) is 13.8. The van der Waals surface area contributed by atoms with Crippen molar-refractivity contribution in [2.24, 2.45) is 5.92 Å². The Morgan fingerprint density at radius 2 is 1.82 bits per heavy atom. The highest BCUT2D eigenvalue weighted by Gasteiger charge is 2.10. The largest absolute Gasteiger partial charge is 0.224 e. The summed E-state index contributed by atoms with van der Waals surface area (Å²) in [6.07, 6.45) is 0.854. The molecule has 0 saturated carbocycles. The third-order valence-electron chi connectivity index (χ3n) is 2.60. The summed E-state index contributed by atoms with van der Waals surface area (Å²) in [5.41, 5.74) is 1.12. The first-order valence-electron chi connectivity index (χ1n) is 5.73. The maximum atomic E-state index is 11.6. The summed E-state index contributed by atoms with van der Waals surface area (Å²) in [6.45, 7) is 5.54. The molecule has 0 aliphatic rings. The van der Waals surface area contributed by atoms with E-state index in [1.54, 1.807) is 19.1 Å². The Kier molecular flexibility index (Phi) is 4.77. The minimum atomic E-state index is -3.08. The zero-order valence-corrected chi connectivity index (χ0v) is 11.3. The van der Waals surface area contributed by atoms with Crippen LogP contribution in [-0.4, -0.2) is 14.2 Å². The van der Waals surface area contributed by atoms with Gasteiger partial charge in [0.05, 0.1) is 10.6 Å². The maximum absolute atomic E-state index is 11.6. The van der Waals surface area contributed by atoms with Crippen molar-refractivity contribution in [2.75, 3.05) is 5.75 Å². The summed E-state index contributed by atoms with van der Waals surface area (Å²) in [5.74, 6) is 6.41. The second-order valence-corrected chi connectivity index (χ2v) is 6.33. The summed E-state index contributed by atoms with van der Waals surface area (Å²) >= 11 is 0. The Morgan fingerprint density at radius 3 is 2.29 bits per heavy atom. The minimum absolute atomic E-state index is 0.143. The van der Waals surface area contributed by atoms with Gasteiger partial charge in [0.1, 0.15) is 0 Å². The van der Waals surface area contributed by atoms with Gasteiger partial charge < -0.3 is 0 Å². The molecule has 0 radical (unpaired) electrons. The lowest BCUT2D eigenvalue weighted by molar-refractivity contribution is 0.597. The predicted molar refractivity (Wildman–Crippen MR) is 70.5 cm³/mol. The Hall–Kier alpha value is -1.27. The van der Waals surface area contributed by atoms with Gasteiger partial charge in [-0.15, -0.1) is 11.8 Å². The number of benzene rings is 1. The monoisotopic (exact) mass is 250 g/mol. The van der Waals surface area contributed by atoms with E-state index in [9.17, 15) is 8.42 Å². The summed E-state index contributed by atoms with van der Waals surface area (Å²) < 4.78 is 23.2. The van der Waals surface area contributed by atoms with E-state index < -0.39 is 9.84 Å². The molecule has 1 rings (SSSR count). The molecule has 0 aliphatic carbocycles. The van der Waals surface area contributed by atoms with Crippen LogP contribution in [0.15, 0.2) is 29.2 Å². The van der Waals surface area contributed by atoms with Gasteiger partial charge in [-0.3, -0.25) is 0 Å². The van der Waals surface area contributed by atoms with Crippen molar-refractivity contribution >= 4 is 9.84 Å². The Bertz CT molecular complexity index is 516. The minimum Gasteiger partial charge on any atom is -0.224 e. The number of hydrogen-bond donors (Lipinski definition) is 0. The summed E-state index contributed by atoms with van der Waals surface area (Å²) in [4.78, 5) is 0.401. The van der Waals surface area contributed by atoms with Crippen LogP contribution < -0.4 is 0 Å². The first-order chi connectivity index (χ1) is 7.99. The van der Waals surface area contributed by atoms with Crippen molar-refractivity contribution < 1.29 is 8.42 Å². The van der Waals surface area contributed by atoms with Gasteiger partial charge in [0.25, 0.3) is 0 Å². The van der Waals surface area contributed by atoms with E-state index in [0.717, 1.165) is 12.0 Å². The first-order valence-corrected chi connectivity index (χ1v) is 7.38. The second kappa shape index (κ2) is 5.88. The van der Waals surface area contributed by atoms with Crippen LogP contribution in [0.2, 0.25) is 0 Å². The van der Waals surface area contributed by atoms with Crippen molar-refractivity contribution in [1.29, 1.82) is 0 Å². The van der Waals surface area contributed by atoms with Gasteiger partial charge in [-0.05, 0) is 31.0 Å². The van der Waals surface area contributed by atoms with Crippen molar-refractivity contribution in [1.82, 2.24) is 0 Å². The summed E-state index contributed by atoms with van der Waals surface area (Å²) in [7, 11) is -3.08. The van der Waals surface area contributed by atoms with Gasteiger partial charge in [0.15, 0.2) is 9.84 Å². The molecule has 0 fully saturated rings. The molecule has 0 aliphatic heterocycles. The van der Waals surface area contributed by atoms with Crippen molar-refractivity contribution in [3.63, 3.8) is 0 Å². The Labute approximate surface area is 104 Å². The Morgan fingerprint density at radius 1 is 1.24 bits per heavy atom. The van der Waals surface area contributed by atoms with E-state index >= 15 is 0 Å². The van der Waals surface area contributed by atoms with Gasteiger partial charge in [0.2, 0.25) is 0 Å². The lowest BCUT2D eigenvalue weighted by Crippen LogP contribution is -2.04. The average molecular weight is 250 g/mol. The molecule has 1 unspecified atom stereocenters. The highest BCUT2D eigenvalue weighted by molar-refractivity contribution is 7.91. The molecule has 3 heteroatoms. The molecule has 92 valence electrons. The van der Waals surface area contributed by atoms with Gasteiger partial charge in [-0.2, -0.15) is 0 Å². The molecule has 0 aromatic heterocycles. The fourth-order valence-electron chi connectivity index (χ4n) is 1.65. The SMILES string of the molecule is CC#CC(C)Cc1ccc(S(=O)(=O)CC)cc1. The fourth-order valence-corrected chi connectivity index (χ4v) is 2.53. The molecular weight excluding hydrogens is 232 g/mol. The van der Waals surface area contributed by atoms with Crippen LogP contribution in [0, 0.1) is 17.8 Å². The lowest BCUT2D eigenvalue weighted by atomic mass is 10.0. The summed E-state index contributed by atoms with van der Waals surface area (Å²) in [6, 6.07) is 7.10. The van der Waals surface area contributed by atoms with E-state index in [0.29, 0.717) is 10.8 Å². The van der Waals surface area contributed by atoms with Crippen molar-refractivity contribution in [3.8, 4) is 11.8 Å². The zero-order valence-electron chi connectivity index (χ0n) is 10.5. The van der Waals surface area contributed by atoms with E-state index in [1.807, 2.05) is 19.1 Å². The normalized spacial score (nSPS) is 12.6. The van der Waals surface area contributed by atoms with E-state index in [2.05, 4.69) is 18.8 Å². The highest BCUT2D eigenvalue weighted by Crippen LogP contribution is 2.14. The molecular formula is C14H18O2S. The molecule has 17 heavy (non-hydrogen) atoms. The Balaban J connectivity index is 2.84. The molecule has 0 heterocycles. The van der Waals surface area contributed by atoms with E-state index in [1.165, 1.54) is 0 Å². The topological polar surface area (TPSA) is 34.1 Å². The molecule has 0 amide bonds. The van der Waals surface area contributed by atoms with Crippen molar-refractivity contribution in [2.45, 2.75) is 32.1 Å². The van der Waals surface area contributed by atoms with Crippen LogP contribution in [0.1, 0.15) is 26.3 Å². The van der Waals surface area contributed by atoms with Crippen LogP contribution in [0.5, 0.6) is 0 Å². The van der Waals surface area contributed by atoms with Crippen LogP contribution in [0.25, 0.3) is 0 Å². The van der Waals surface area contributed by atoms with Crippen LogP contribution >= 0.6 is 0 Å². The second-order valence-electron chi connectivity index (χ2n) is 4.05. The molecule has 0 N–H and O–H groups in total. The van der Waals surface area contributed by atoms with Gasteiger partial charge in [-0.1, -0.05) is 26.0 Å². The smallest absolute Gasteiger partial charge is 0.178 e. The van der Waals surface area contributed by atoms with Gasteiger partial charge in [-0.25, -0.2) is 8.42 Å². The number of sulfone groups is 1. The molecule has 0 saturated heterocycles. The third kappa shape index (κ3) is 3.90. The predicted octanol–water partition coefficient (Wildman–Crippen LogP) is 2.68. The van der Waals surface area contributed by atoms with Crippen LogP contribution in [0.4, 0.5) is 0 Å². The fraction of sp³-hybridized carbons (Fsp3) is 0.429. The molecule has 0 spiro atoms. The quantitative estimate of drug-likeness (QED) is 0.770. The van der Waals surface area contributed by atoms with E-state index in [4.69, 9.17) is 0 Å². The number of rotatable bonds is 4. The summed E-state index contributed by atoms with van der Waals surface area (Å²) in [5, 5.41) is 0. The molecule has 2 nitrogen and oxygen atoms in total. The van der Waals surface area contributed by atoms with Gasteiger partial charge >= 0.3 is 0 Å².